The van der Waals surface area contributed by atoms with Crippen molar-refractivity contribution in [3.8, 4) is 5.75 Å². The highest BCUT2D eigenvalue weighted by atomic mass is 16.5. The fraction of sp³-hybridized carbons (Fsp3) is 0.562. The van der Waals surface area contributed by atoms with Crippen molar-refractivity contribution in [3.63, 3.8) is 0 Å². The zero-order chi connectivity index (χ0) is 15.3. The van der Waals surface area contributed by atoms with Gasteiger partial charge in [-0.2, -0.15) is 0 Å². The molecule has 3 N–H and O–H groups in total. The Kier molecular flexibility index (Phi) is 9.24. The number of carbonyl (C=O) groups is 1. The number of nitrogens with one attached hydrogen (secondary N) is 1. The van der Waals surface area contributed by atoms with E-state index in [-0.39, 0.29) is 5.91 Å². The fourth-order valence-electron chi connectivity index (χ4n) is 1.91. The summed E-state index contributed by atoms with van der Waals surface area (Å²) in [5.41, 5.74) is 6.19. The topological polar surface area (TPSA) is 73.6 Å². The van der Waals surface area contributed by atoms with Gasteiger partial charge in [0, 0.05) is 25.3 Å². The highest BCUT2D eigenvalue weighted by Crippen LogP contribution is 2.17. The Bertz CT molecular complexity index is 410. The molecule has 1 rings (SSSR count). The maximum Gasteiger partial charge on any atom is 0.224 e. The van der Waals surface area contributed by atoms with E-state index in [2.05, 4.69) is 5.32 Å². The number of rotatable bonds is 11. The molecule has 0 aliphatic rings. The molecule has 0 saturated carbocycles. The van der Waals surface area contributed by atoms with Crippen LogP contribution in [-0.4, -0.2) is 32.8 Å². The molecule has 118 valence electrons. The Morgan fingerprint density at radius 2 is 2.00 bits per heavy atom. The van der Waals surface area contributed by atoms with Gasteiger partial charge < -0.3 is 20.5 Å². The average Bonchev–Trinajstić information content (AvgIpc) is 2.48. The number of carbonyl (C=O) groups excluding carboxylic acids is 1. The van der Waals surface area contributed by atoms with Gasteiger partial charge in [0.15, 0.2) is 0 Å². The second-order valence-corrected chi connectivity index (χ2v) is 4.87. The number of ether oxygens (including phenoxy) is 2. The minimum Gasteiger partial charge on any atom is -0.491 e. The van der Waals surface area contributed by atoms with E-state index >= 15 is 0 Å². The summed E-state index contributed by atoms with van der Waals surface area (Å²) >= 11 is 0. The molecule has 0 saturated heterocycles. The Morgan fingerprint density at radius 3 is 2.76 bits per heavy atom. The lowest BCUT2D eigenvalue weighted by Crippen LogP contribution is -2.11. The number of methoxy groups -OCH3 is 1. The van der Waals surface area contributed by atoms with Crippen LogP contribution in [0.25, 0.3) is 0 Å². The van der Waals surface area contributed by atoms with Crippen LogP contribution in [0.3, 0.4) is 0 Å². The largest absolute Gasteiger partial charge is 0.491 e. The van der Waals surface area contributed by atoms with E-state index in [4.69, 9.17) is 15.2 Å². The Labute approximate surface area is 126 Å². The molecule has 0 fully saturated rings. The van der Waals surface area contributed by atoms with Crippen molar-refractivity contribution < 1.29 is 14.3 Å². The van der Waals surface area contributed by atoms with Crippen LogP contribution < -0.4 is 15.8 Å². The molecule has 0 spiro atoms. The first kappa shape index (κ1) is 17.5. The molecule has 0 unspecified atom stereocenters. The van der Waals surface area contributed by atoms with E-state index in [0.29, 0.717) is 19.6 Å². The molecule has 0 heterocycles. The minimum absolute atomic E-state index is 0.0387. The second kappa shape index (κ2) is 11.1. The summed E-state index contributed by atoms with van der Waals surface area (Å²) in [6.07, 6.45) is 4.61. The first-order valence-corrected chi connectivity index (χ1v) is 7.48. The monoisotopic (exact) mass is 294 g/mol. The van der Waals surface area contributed by atoms with Crippen LogP contribution in [0.2, 0.25) is 0 Å². The number of hydrogen-bond donors (Lipinski definition) is 2. The van der Waals surface area contributed by atoms with Crippen molar-refractivity contribution >= 4 is 11.6 Å². The third-order valence-electron chi connectivity index (χ3n) is 3.03. The van der Waals surface area contributed by atoms with Crippen LogP contribution in [0, 0.1) is 0 Å². The maximum absolute atomic E-state index is 11.8. The molecule has 1 amide bonds. The van der Waals surface area contributed by atoms with Gasteiger partial charge in [0.2, 0.25) is 5.91 Å². The summed E-state index contributed by atoms with van der Waals surface area (Å²) in [7, 11) is 1.63. The molecule has 0 bridgehead atoms. The van der Waals surface area contributed by atoms with Gasteiger partial charge in [-0.15, -0.1) is 0 Å². The second-order valence-electron chi connectivity index (χ2n) is 4.87. The van der Waals surface area contributed by atoms with E-state index in [9.17, 15) is 4.79 Å². The van der Waals surface area contributed by atoms with E-state index in [0.717, 1.165) is 43.7 Å². The molecule has 0 atom stereocenters. The number of benzene rings is 1. The fourth-order valence-corrected chi connectivity index (χ4v) is 1.91. The number of amides is 1. The van der Waals surface area contributed by atoms with Gasteiger partial charge in [-0.1, -0.05) is 18.9 Å². The highest BCUT2D eigenvalue weighted by Gasteiger charge is 2.03. The van der Waals surface area contributed by atoms with Crippen molar-refractivity contribution in [1.82, 2.24) is 0 Å². The molecule has 1 aromatic carbocycles. The summed E-state index contributed by atoms with van der Waals surface area (Å²) in [5.74, 6) is 0.768. The molecule has 5 nitrogen and oxygen atoms in total. The van der Waals surface area contributed by atoms with Crippen LogP contribution in [0.1, 0.15) is 32.1 Å². The third kappa shape index (κ3) is 8.32. The Balaban J connectivity index is 2.29. The van der Waals surface area contributed by atoms with Crippen LogP contribution in [0.15, 0.2) is 24.3 Å². The number of hydrogen-bond acceptors (Lipinski definition) is 4. The normalized spacial score (nSPS) is 10.4. The van der Waals surface area contributed by atoms with Crippen LogP contribution in [0.5, 0.6) is 5.75 Å². The minimum atomic E-state index is 0.0387. The van der Waals surface area contributed by atoms with Gasteiger partial charge >= 0.3 is 0 Å². The van der Waals surface area contributed by atoms with Gasteiger partial charge in [-0.05, 0) is 31.5 Å². The molecule has 0 aliphatic carbocycles. The SMILES string of the molecule is COCCOc1cccc(NC(=O)CCCCCCN)c1. The van der Waals surface area contributed by atoms with E-state index < -0.39 is 0 Å². The van der Waals surface area contributed by atoms with Crippen molar-refractivity contribution in [3.05, 3.63) is 24.3 Å². The van der Waals surface area contributed by atoms with Crippen LogP contribution in [-0.2, 0) is 9.53 Å². The zero-order valence-electron chi connectivity index (χ0n) is 12.8. The van der Waals surface area contributed by atoms with E-state index in [1.54, 1.807) is 7.11 Å². The van der Waals surface area contributed by atoms with Crippen molar-refractivity contribution in [2.24, 2.45) is 5.73 Å². The first-order chi connectivity index (χ1) is 10.3. The lowest BCUT2D eigenvalue weighted by Gasteiger charge is -2.09. The number of nitrogens with two attached hydrogens (primary N) is 1. The third-order valence-corrected chi connectivity index (χ3v) is 3.03. The van der Waals surface area contributed by atoms with Gasteiger partial charge in [0.25, 0.3) is 0 Å². The average molecular weight is 294 g/mol. The first-order valence-electron chi connectivity index (χ1n) is 7.48. The Morgan fingerprint density at radius 1 is 1.19 bits per heavy atom. The smallest absolute Gasteiger partial charge is 0.224 e. The number of unbranched alkanes of at least 4 members (excludes halogenated alkanes) is 3. The summed E-state index contributed by atoms with van der Waals surface area (Å²) in [4.78, 5) is 11.8. The predicted molar refractivity (Wildman–Crippen MR) is 84.6 cm³/mol. The standard InChI is InChI=1S/C16H26N2O3/c1-20-11-12-21-15-8-6-7-14(13-15)18-16(19)9-4-2-3-5-10-17/h6-8,13H,2-5,9-12,17H2,1H3,(H,18,19). The van der Waals surface area contributed by atoms with Crippen LogP contribution in [0.4, 0.5) is 5.69 Å². The summed E-state index contributed by atoms with van der Waals surface area (Å²) in [6.45, 7) is 1.76. The molecule has 21 heavy (non-hydrogen) atoms. The quantitative estimate of drug-likeness (QED) is 0.615. The van der Waals surface area contributed by atoms with Gasteiger partial charge in [-0.25, -0.2) is 0 Å². The lowest BCUT2D eigenvalue weighted by atomic mass is 10.1. The van der Waals surface area contributed by atoms with Gasteiger partial charge in [0.05, 0.1) is 6.61 Å². The van der Waals surface area contributed by atoms with Crippen molar-refractivity contribution in [2.45, 2.75) is 32.1 Å². The molecule has 1 aromatic rings. The summed E-state index contributed by atoms with van der Waals surface area (Å²) in [5, 5.41) is 2.89. The molecular formula is C16H26N2O3. The number of anilines is 1. The molecule has 0 aliphatic heterocycles. The van der Waals surface area contributed by atoms with Crippen molar-refractivity contribution in [2.75, 3.05) is 32.2 Å². The summed E-state index contributed by atoms with van der Waals surface area (Å²) in [6, 6.07) is 7.40. The molecular weight excluding hydrogens is 268 g/mol. The highest BCUT2D eigenvalue weighted by molar-refractivity contribution is 5.90. The molecule has 0 aromatic heterocycles. The zero-order valence-corrected chi connectivity index (χ0v) is 12.8. The maximum atomic E-state index is 11.8. The lowest BCUT2D eigenvalue weighted by molar-refractivity contribution is -0.116. The van der Waals surface area contributed by atoms with Gasteiger partial charge in [0.1, 0.15) is 12.4 Å². The molecule has 0 radical (unpaired) electrons. The Hall–Kier alpha value is -1.59. The van der Waals surface area contributed by atoms with Gasteiger partial charge in [-0.3, -0.25) is 4.79 Å². The van der Waals surface area contributed by atoms with E-state index in [1.165, 1.54) is 0 Å². The van der Waals surface area contributed by atoms with Crippen molar-refractivity contribution in [1.29, 1.82) is 0 Å². The van der Waals surface area contributed by atoms with Crippen LogP contribution >= 0.6 is 0 Å². The van der Waals surface area contributed by atoms with E-state index in [1.807, 2.05) is 24.3 Å². The molecule has 5 heteroatoms. The predicted octanol–water partition coefficient (Wildman–Crippen LogP) is 2.56. The summed E-state index contributed by atoms with van der Waals surface area (Å²) < 4.78 is 10.4.